The maximum atomic E-state index is 12.4. The third-order valence-electron chi connectivity index (χ3n) is 4.49. The summed E-state index contributed by atoms with van der Waals surface area (Å²) >= 11 is 4.57. The molecule has 2 unspecified atom stereocenters. The molecule has 1 N–H and O–H groups in total. The zero-order chi connectivity index (χ0) is 14.3. The smallest absolute Gasteiger partial charge is 0.251 e. The molecule has 0 aromatic carbocycles. The number of thiophene rings is 1. The molecular weight excluding hydrogens is 360 g/mol. The van der Waals surface area contributed by atoms with Gasteiger partial charge in [0, 0.05) is 22.6 Å². The summed E-state index contributed by atoms with van der Waals surface area (Å²) in [5.74, 6) is 0. The Balaban J connectivity index is 1.74. The topological polar surface area (TPSA) is 49.4 Å². The van der Waals surface area contributed by atoms with E-state index in [2.05, 4.69) is 32.6 Å². The normalized spacial score (nSPS) is 31.4. The molecule has 4 nitrogen and oxygen atoms in total. The van der Waals surface area contributed by atoms with Gasteiger partial charge in [-0.3, -0.25) is 0 Å². The van der Waals surface area contributed by atoms with E-state index in [9.17, 15) is 8.42 Å². The van der Waals surface area contributed by atoms with Gasteiger partial charge in [-0.2, -0.15) is 0 Å². The van der Waals surface area contributed by atoms with Gasteiger partial charge in [0.15, 0.2) is 0 Å². The molecule has 1 aromatic rings. The summed E-state index contributed by atoms with van der Waals surface area (Å²) in [5.41, 5.74) is 0. The van der Waals surface area contributed by atoms with E-state index in [1.807, 2.05) is 0 Å². The van der Waals surface area contributed by atoms with Crippen LogP contribution in [0.15, 0.2) is 20.1 Å². The van der Waals surface area contributed by atoms with Crippen molar-refractivity contribution in [1.29, 1.82) is 0 Å². The second-order valence-electron chi connectivity index (χ2n) is 5.75. The molecule has 20 heavy (non-hydrogen) atoms. The van der Waals surface area contributed by atoms with Crippen LogP contribution in [0.4, 0.5) is 0 Å². The second kappa shape index (κ2) is 5.68. The van der Waals surface area contributed by atoms with Gasteiger partial charge in [-0.05, 0) is 60.1 Å². The van der Waals surface area contributed by atoms with Crippen LogP contribution in [0, 0.1) is 0 Å². The van der Waals surface area contributed by atoms with Gasteiger partial charge >= 0.3 is 0 Å². The lowest BCUT2D eigenvalue weighted by Crippen LogP contribution is -2.55. The SMILES string of the molecule is CN1C2CCCC1CC(NS(=O)(=O)c1sccc1Br)C2. The minimum Gasteiger partial charge on any atom is -0.300 e. The molecule has 3 rings (SSSR count). The Labute approximate surface area is 132 Å². The lowest BCUT2D eigenvalue weighted by atomic mass is 9.83. The van der Waals surface area contributed by atoms with Crippen LogP contribution in [0.25, 0.3) is 0 Å². The number of nitrogens with one attached hydrogen (secondary N) is 1. The predicted molar refractivity (Wildman–Crippen MR) is 84.6 cm³/mol. The Hall–Kier alpha value is 0.0500. The fourth-order valence-electron chi connectivity index (χ4n) is 3.46. The molecule has 3 heterocycles. The van der Waals surface area contributed by atoms with Crippen molar-refractivity contribution < 1.29 is 8.42 Å². The van der Waals surface area contributed by atoms with Gasteiger partial charge in [0.05, 0.1) is 0 Å². The van der Waals surface area contributed by atoms with Crippen molar-refractivity contribution in [3.05, 3.63) is 15.9 Å². The lowest BCUT2D eigenvalue weighted by molar-refractivity contribution is 0.0536. The van der Waals surface area contributed by atoms with Gasteiger partial charge in [0.2, 0.25) is 0 Å². The van der Waals surface area contributed by atoms with Crippen LogP contribution in [0.1, 0.15) is 32.1 Å². The lowest BCUT2D eigenvalue weighted by Gasteiger charge is -2.47. The largest absolute Gasteiger partial charge is 0.300 e. The Morgan fingerprint density at radius 2 is 2.00 bits per heavy atom. The number of piperidine rings is 2. The molecule has 0 saturated carbocycles. The fourth-order valence-corrected chi connectivity index (χ4v) is 7.07. The van der Waals surface area contributed by atoms with E-state index in [0.29, 0.717) is 20.8 Å². The molecule has 2 saturated heterocycles. The molecule has 2 atom stereocenters. The summed E-state index contributed by atoms with van der Waals surface area (Å²) in [7, 11) is -1.22. The minimum atomic E-state index is -3.39. The van der Waals surface area contributed by atoms with Crippen molar-refractivity contribution in [2.45, 2.75) is 54.4 Å². The van der Waals surface area contributed by atoms with Gasteiger partial charge in [-0.25, -0.2) is 13.1 Å². The van der Waals surface area contributed by atoms with E-state index in [4.69, 9.17) is 0 Å². The van der Waals surface area contributed by atoms with Crippen molar-refractivity contribution >= 4 is 37.3 Å². The van der Waals surface area contributed by atoms with Gasteiger partial charge in [0.1, 0.15) is 4.21 Å². The van der Waals surface area contributed by atoms with E-state index in [0.717, 1.165) is 12.8 Å². The highest BCUT2D eigenvalue weighted by molar-refractivity contribution is 9.10. The Morgan fingerprint density at radius 1 is 1.35 bits per heavy atom. The first-order valence-corrected chi connectivity index (χ1v) is 10.1. The monoisotopic (exact) mass is 378 g/mol. The average molecular weight is 379 g/mol. The van der Waals surface area contributed by atoms with Crippen molar-refractivity contribution in [3.8, 4) is 0 Å². The number of halogens is 1. The zero-order valence-electron chi connectivity index (χ0n) is 11.4. The summed E-state index contributed by atoms with van der Waals surface area (Å²) in [4.78, 5) is 2.44. The molecule has 0 radical (unpaired) electrons. The van der Waals surface area contributed by atoms with Crippen LogP contribution in [0.5, 0.6) is 0 Å². The van der Waals surface area contributed by atoms with Gasteiger partial charge in [-0.15, -0.1) is 11.3 Å². The van der Waals surface area contributed by atoms with Crippen LogP contribution in [0.2, 0.25) is 0 Å². The van der Waals surface area contributed by atoms with E-state index in [1.54, 1.807) is 11.4 Å². The Bertz CT molecular complexity index is 573. The first-order chi connectivity index (χ1) is 9.47. The zero-order valence-corrected chi connectivity index (χ0v) is 14.6. The van der Waals surface area contributed by atoms with Crippen molar-refractivity contribution in [1.82, 2.24) is 9.62 Å². The fraction of sp³-hybridized carbons (Fsp3) is 0.692. The number of rotatable bonds is 3. The van der Waals surface area contributed by atoms with Crippen LogP contribution >= 0.6 is 27.3 Å². The van der Waals surface area contributed by atoms with Crippen molar-refractivity contribution in [3.63, 3.8) is 0 Å². The van der Waals surface area contributed by atoms with Crippen LogP contribution in [-0.4, -0.2) is 38.5 Å². The molecule has 2 bridgehead atoms. The summed E-state index contributed by atoms with van der Waals surface area (Å²) in [6.45, 7) is 0. The van der Waals surface area contributed by atoms with Crippen LogP contribution < -0.4 is 4.72 Å². The number of hydrogen-bond donors (Lipinski definition) is 1. The predicted octanol–water partition coefficient (Wildman–Crippen LogP) is 2.80. The summed E-state index contributed by atoms with van der Waals surface area (Å²) in [5, 5.41) is 1.79. The molecule has 0 aliphatic carbocycles. The molecular formula is C13H19BrN2O2S2. The quantitative estimate of drug-likeness (QED) is 0.879. The molecule has 2 aliphatic heterocycles. The molecule has 112 valence electrons. The van der Waals surface area contributed by atoms with Gasteiger partial charge in [-0.1, -0.05) is 6.42 Å². The first-order valence-electron chi connectivity index (χ1n) is 6.94. The Kier molecular flexibility index (Phi) is 4.25. The maximum Gasteiger partial charge on any atom is 0.251 e. The summed E-state index contributed by atoms with van der Waals surface area (Å²) in [6.07, 6.45) is 5.50. The number of fused-ring (bicyclic) bond motifs is 2. The Morgan fingerprint density at radius 3 is 2.55 bits per heavy atom. The van der Waals surface area contributed by atoms with E-state index >= 15 is 0 Å². The van der Waals surface area contributed by atoms with E-state index in [1.165, 1.54) is 30.6 Å². The standard InChI is InChI=1S/C13H19BrN2O2S2/c1-16-10-3-2-4-11(16)8-9(7-10)15-20(17,18)13-12(14)5-6-19-13/h5-6,9-11,15H,2-4,7-8H2,1H3. The van der Waals surface area contributed by atoms with E-state index < -0.39 is 10.0 Å². The third-order valence-corrected chi connectivity index (χ3v) is 8.68. The molecule has 2 fully saturated rings. The summed E-state index contributed by atoms with van der Waals surface area (Å²) in [6, 6.07) is 2.91. The van der Waals surface area contributed by atoms with Gasteiger partial charge in [0.25, 0.3) is 10.0 Å². The van der Waals surface area contributed by atoms with Crippen LogP contribution in [-0.2, 0) is 10.0 Å². The number of hydrogen-bond acceptors (Lipinski definition) is 4. The molecule has 7 heteroatoms. The number of sulfonamides is 1. The van der Waals surface area contributed by atoms with Crippen molar-refractivity contribution in [2.24, 2.45) is 0 Å². The highest BCUT2D eigenvalue weighted by Gasteiger charge is 2.37. The molecule has 1 aromatic heterocycles. The highest BCUT2D eigenvalue weighted by atomic mass is 79.9. The number of nitrogens with zero attached hydrogens (tertiary/aromatic N) is 1. The average Bonchev–Trinajstić information content (AvgIpc) is 2.77. The summed E-state index contributed by atoms with van der Waals surface area (Å²) < 4.78 is 28.8. The van der Waals surface area contributed by atoms with Crippen molar-refractivity contribution in [2.75, 3.05) is 7.05 Å². The maximum absolute atomic E-state index is 12.4. The van der Waals surface area contributed by atoms with Crippen LogP contribution in [0.3, 0.4) is 0 Å². The van der Waals surface area contributed by atoms with E-state index in [-0.39, 0.29) is 6.04 Å². The molecule has 0 spiro atoms. The molecule has 0 amide bonds. The highest BCUT2D eigenvalue weighted by Crippen LogP contribution is 2.34. The second-order valence-corrected chi connectivity index (χ2v) is 9.43. The molecule has 2 aliphatic rings. The first kappa shape index (κ1) is 15.0. The minimum absolute atomic E-state index is 0.0699. The van der Waals surface area contributed by atoms with Gasteiger partial charge < -0.3 is 4.90 Å². The third kappa shape index (κ3) is 2.83.